The molecule has 7 nitrogen and oxygen atoms in total. The summed E-state index contributed by atoms with van der Waals surface area (Å²) in [6.45, 7) is 4.34. The number of rotatable bonds is 6. The molecule has 1 aliphatic heterocycles. The first-order valence-corrected chi connectivity index (χ1v) is 11.9. The normalized spacial score (nSPS) is 16.1. The van der Waals surface area contributed by atoms with Crippen LogP contribution in [0.2, 0.25) is 0 Å². The second-order valence-electron chi connectivity index (χ2n) is 9.06. The molecule has 3 N–H and O–H groups in total. The Morgan fingerprint density at radius 1 is 1.15 bits per heavy atom. The van der Waals surface area contributed by atoms with Gasteiger partial charge in [0, 0.05) is 36.0 Å². The highest BCUT2D eigenvalue weighted by Crippen LogP contribution is 2.37. The molecule has 1 saturated carbocycles. The second kappa shape index (κ2) is 10.3. The summed E-state index contributed by atoms with van der Waals surface area (Å²) in [7, 11) is 0. The number of carbonyl (C=O) groups excluding carboxylic acids is 2. The number of allylic oxidation sites excluding steroid dienone is 1. The van der Waals surface area contributed by atoms with Gasteiger partial charge >= 0.3 is 0 Å². The maximum atomic E-state index is 13.6. The fraction of sp³-hybridized carbons (Fsp3) is 0.407. The van der Waals surface area contributed by atoms with Crippen LogP contribution in [-0.2, 0) is 29.2 Å². The molecule has 1 aliphatic carbocycles. The number of anilines is 1. The minimum atomic E-state index is -0.329. The van der Waals surface area contributed by atoms with E-state index in [9.17, 15) is 19.8 Å². The minimum Gasteiger partial charge on any atom is -0.508 e. The number of phenols is 2. The van der Waals surface area contributed by atoms with Gasteiger partial charge in [0.1, 0.15) is 11.5 Å². The van der Waals surface area contributed by atoms with E-state index in [0.29, 0.717) is 29.9 Å². The first-order chi connectivity index (χ1) is 16.4. The molecule has 180 valence electrons. The Bertz CT molecular complexity index is 1120. The number of fused-ring (bicyclic) bond motifs is 1. The second-order valence-corrected chi connectivity index (χ2v) is 9.06. The average molecular weight is 465 g/mol. The van der Waals surface area contributed by atoms with E-state index in [0.717, 1.165) is 36.8 Å². The first-order valence-electron chi connectivity index (χ1n) is 11.9. The van der Waals surface area contributed by atoms with Crippen LogP contribution in [-0.4, -0.2) is 33.0 Å². The SMILES string of the molecule is C/C=C/C(=O)Nc1cccc2c1CN(C(=O)c1c(O)cc(O)c(C)c1COC1CCCCC1)C2. The largest absolute Gasteiger partial charge is 0.508 e. The van der Waals surface area contributed by atoms with Crippen LogP contribution in [0.3, 0.4) is 0 Å². The lowest BCUT2D eigenvalue weighted by Gasteiger charge is -2.25. The van der Waals surface area contributed by atoms with Crippen LogP contribution in [0, 0.1) is 6.92 Å². The predicted octanol–water partition coefficient (Wildman–Crippen LogP) is 4.93. The third-order valence-electron chi connectivity index (χ3n) is 6.74. The van der Waals surface area contributed by atoms with Crippen LogP contribution in [0.5, 0.6) is 11.5 Å². The van der Waals surface area contributed by atoms with Crippen molar-refractivity contribution in [3.63, 3.8) is 0 Å². The van der Waals surface area contributed by atoms with Crippen molar-refractivity contribution in [3.05, 3.63) is 64.2 Å². The summed E-state index contributed by atoms with van der Waals surface area (Å²) in [6.07, 6.45) is 8.67. The van der Waals surface area contributed by atoms with Gasteiger partial charge in [-0.2, -0.15) is 0 Å². The molecule has 0 radical (unpaired) electrons. The fourth-order valence-corrected chi connectivity index (χ4v) is 4.83. The summed E-state index contributed by atoms with van der Waals surface area (Å²) in [5.74, 6) is -0.873. The van der Waals surface area contributed by atoms with Crippen molar-refractivity contribution in [3.8, 4) is 11.5 Å². The molecule has 34 heavy (non-hydrogen) atoms. The van der Waals surface area contributed by atoms with Gasteiger partial charge in [0.15, 0.2) is 0 Å². The van der Waals surface area contributed by atoms with Gasteiger partial charge in [-0.25, -0.2) is 0 Å². The van der Waals surface area contributed by atoms with E-state index < -0.39 is 0 Å². The van der Waals surface area contributed by atoms with E-state index >= 15 is 0 Å². The zero-order valence-corrected chi connectivity index (χ0v) is 19.8. The molecule has 2 aromatic carbocycles. The van der Waals surface area contributed by atoms with E-state index in [-0.39, 0.29) is 41.6 Å². The van der Waals surface area contributed by atoms with Gasteiger partial charge in [-0.05, 0) is 50.0 Å². The van der Waals surface area contributed by atoms with E-state index in [4.69, 9.17) is 4.74 Å². The minimum absolute atomic E-state index is 0.0602. The molecule has 0 bridgehead atoms. The predicted molar refractivity (Wildman–Crippen MR) is 130 cm³/mol. The Balaban J connectivity index is 1.58. The van der Waals surface area contributed by atoms with Crippen molar-refractivity contribution < 1.29 is 24.5 Å². The van der Waals surface area contributed by atoms with Gasteiger partial charge in [0.25, 0.3) is 5.91 Å². The third kappa shape index (κ3) is 4.94. The number of carbonyl (C=O) groups is 2. The van der Waals surface area contributed by atoms with Crippen LogP contribution in [0.1, 0.15) is 71.6 Å². The number of ether oxygens (including phenoxy) is 1. The highest BCUT2D eigenvalue weighted by Gasteiger charge is 2.31. The molecular formula is C27H32N2O5. The third-order valence-corrected chi connectivity index (χ3v) is 6.74. The topological polar surface area (TPSA) is 99.1 Å². The van der Waals surface area contributed by atoms with E-state index in [1.807, 2.05) is 18.2 Å². The van der Waals surface area contributed by atoms with Crippen LogP contribution in [0.25, 0.3) is 0 Å². The number of benzene rings is 2. The average Bonchev–Trinajstić information content (AvgIpc) is 3.26. The van der Waals surface area contributed by atoms with Crippen LogP contribution < -0.4 is 5.32 Å². The standard InChI is InChI=1S/C27H32N2O5/c1-3-8-25(32)28-22-12-7-9-18-14-29(15-20(18)22)27(33)26-21(17(2)23(30)13-24(26)31)16-34-19-10-5-4-6-11-19/h3,7-9,12-13,19,30-31H,4-6,10-11,14-16H2,1-2H3,(H,28,32)/b8-3+. The van der Waals surface area contributed by atoms with E-state index in [1.165, 1.54) is 18.6 Å². The zero-order chi connectivity index (χ0) is 24.2. The number of hydrogen-bond acceptors (Lipinski definition) is 5. The molecule has 0 unspecified atom stereocenters. The quantitative estimate of drug-likeness (QED) is 0.527. The number of aromatic hydroxyl groups is 2. The van der Waals surface area contributed by atoms with Crippen molar-refractivity contribution >= 4 is 17.5 Å². The Kier molecular flexibility index (Phi) is 7.22. The number of amides is 2. The molecule has 0 saturated heterocycles. The fourth-order valence-electron chi connectivity index (χ4n) is 4.83. The van der Waals surface area contributed by atoms with Gasteiger partial charge < -0.3 is 25.2 Å². The Morgan fingerprint density at radius 3 is 2.65 bits per heavy atom. The van der Waals surface area contributed by atoms with Crippen molar-refractivity contribution in [2.75, 3.05) is 5.32 Å². The van der Waals surface area contributed by atoms with Gasteiger partial charge in [0.05, 0.1) is 18.3 Å². The van der Waals surface area contributed by atoms with Crippen molar-refractivity contribution in [1.29, 1.82) is 0 Å². The maximum Gasteiger partial charge on any atom is 0.258 e. The highest BCUT2D eigenvalue weighted by molar-refractivity contribution is 6.01. The monoisotopic (exact) mass is 464 g/mol. The summed E-state index contributed by atoms with van der Waals surface area (Å²) >= 11 is 0. The van der Waals surface area contributed by atoms with Crippen LogP contribution >= 0.6 is 0 Å². The molecule has 7 heteroatoms. The van der Waals surface area contributed by atoms with E-state index in [2.05, 4.69) is 5.32 Å². The molecule has 1 heterocycles. The Labute approximate surface area is 200 Å². The van der Waals surface area contributed by atoms with Crippen LogP contribution in [0.15, 0.2) is 36.4 Å². The lowest BCUT2D eigenvalue weighted by atomic mass is 9.96. The summed E-state index contributed by atoms with van der Waals surface area (Å²) in [6, 6.07) is 6.82. The van der Waals surface area contributed by atoms with E-state index in [1.54, 1.807) is 24.8 Å². The molecule has 4 rings (SSSR count). The van der Waals surface area contributed by atoms with Crippen molar-refractivity contribution in [2.24, 2.45) is 0 Å². The Morgan fingerprint density at radius 2 is 1.91 bits per heavy atom. The smallest absolute Gasteiger partial charge is 0.258 e. The van der Waals surface area contributed by atoms with Gasteiger partial charge in [-0.3, -0.25) is 9.59 Å². The summed E-state index contributed by atoms with van der Waals surface area (Å²) < 4.78 is 6.11. The summed E-state index contributed by atoms with van der Waals surface area (Å²) in [5.41, 5.74) is 3.71. The van der Waals surface area contributed by atoms with Gasteiger partial charge in [-0.15, -0.1) is 0 Å². The molecule has 2 aromatic rings. The summed E-state index contributed by atoms with van der Waals surface area (Å²) in [5, 5.41) is 23.9. The van der Waals surface area contributed by atoms with Gasteiger partial charge in [-0.1, -0.05) is 37.5 Å². The molecule has 1 fully saturated rings. The lowest BCUT2D eigenvalue weighted by molar-refractivity contribution is -0.111. The molecule has 2 aliphatic rings. The van der Waals surface area contributed by atoms with Gasteiger partial charge in [0.2, 0.25) is 5.91 Å². The number of nitrogens with one attached hydrogen (secondary N) is 1. The van der Waals surface area contributed by atoms with Crippen molar-refractivity contribution in [1.82, 2.24) is 4.90 Å². The maximum absolute atomic E-state index is 13.6. The molecular weight excluding hydrogens is 432 g/mol. The summed E-state index contributed by atoms with van der Waals surface area (Å²) in [4.78, 5) is 27.3. The van der Waals surface area contributed by atoms with Crippen LogP contribution in [0.4, 0.5) is 5.69 Å². The molecule has 0 spiro atoms. The number of nitrogens with zero attached hydrogens (tertiary/aromatic N) is 1. The number of phenolic OH excluding ortho intramolecular Hbond substituents is 2. The molecule has 2 amide bonds. The number of hydrogen-bond donors (Lipinski definition) is 3. The highest BCUT2D eigenvalue weighted by atomic mass is 16.5. The molecule has 0 aromatic heterocycles. The zero-order valence-electron chi connectivity index (χ0n) is 19.8. The van der Waals surface area contributed by atoms with Crippen molar-refractivity contribution in [2.45, 2.75) is 71.8 Å². The molecule has 0 atom stereocenters. The lowest BCUT2D eigenvalue weighted by Crippen LogP contribution is -2.27. The first kappa shape index (κ1) is 23.8. The Hall–Kier alpha value is -3.32.